The predicted octanol–water partition coefficient (Wildman–Crippen LogP) is 1.29. The monoisotopic (exact) mass is 208 g/mol. The molecule has 1 aliphatic heterocycles. The van der Waals surface area contributed by atoms with E-state index in [0.29, 0.717) is 12.2 Å². The zero-order valence-corrected chi connectivity index (χ0v) is 8.69. The maximum absolute atomic E-state index is 11.8. The van der Waals surface area contributed by atoms with Crippen molar-refractivity contribution in [3.63, 3.8) is 0 Å². The van der Waals surface area contributed by atoms with Crippen LogP contribution in [0.15, 0.2) is 22.8 Å². The van der Waals surface area contributed by atoms with Crippen molar-refractivity contribution in [2.45, 2.75) is 25.3 Å². The molecule has 1 amide bonds. The Morgan fingerprint density at radius 1 is 1.53 bits per heavy atom. The van der Waals surface area contributed by atoms with Crippen LogP contribution in [0.2, 0.25) is 0 Å². The smallest absolute Gasteiger partial charge is 0.224 e. The van der Waals surface area contributed by atoms with E-state index in [0.717, 1.165) is 25.9 Å². The highest BCUT2D eigenvalue weighted by atomic mass is 16.3. The standard InChI is InChI=1S/C11H16N2O2/c12-9(10-4-3-7-15-10)8-11(14)13-5-1-2-6-13/h3-4,7,9H,1-2,5-6,8,12H2. The summed E-state index contributed by atoms with van der Waals surface area (Å²) < 4.78 is 5.16. The second kappa shape index (κ2) is 4.49. The molecule has 0 aromatic carbocycles. The Morgan fingerprint density at radius 3 is 2.87 bits per heavy atom. The fourth-order valence-electron chi connectivity index (χ4n) is 1.89. The second-order valence-electron chi connectivity index (χ2n) is 3.91. The van der Waals surface area contributed by atoms with E-state index in [4.69, 9.17) is 10.2 Å². The van der Waals surface area contributed by atoms with Crippen molar-refractivity contribution >= 4 is 5.91 Å². The number of rotatable bonds is 3. The third kappa shape index (κ3) is 2.39. The van der Waals surface area contributed by atoms with E-state index < -0.39 is 0 Å². The van der Waals surface area contributed by atoms with Crippen molar-refractivity contribution in [3.05, 3.63) is 24.2 Å². The zero-order valence-electron chi connectivity index (χ0n) is 8.69. The van der Waals surface area contributed by atoms with Crippen molar-refractivity contribution in [3.8, 4) is 0 Å². The number of amides is 1. The molecule has 0 bridgehead atoms. The predicted molar refractivity (Wildman–Crippen MR) is 56.1 cm³/mol. The van der Waals surface area contributed by atoms with Gasteiger partial charge in [0.2, 0.25) is 5.91 Å². The Balaban J connectivity index is 1.88. The molecule has 0 spiro atoms. The largest absolute Gasteiger partial charge is 0.468 e. The molecule has 82 valence electrons. The Labute approximate surface area is 89.0 Å². The molecular weight excluding hydrogens is 192 g/mol. The molecule has 1 aromatic heterocycles. The van der Waals surface area contributed by atoms with Crippen LogP contribution in [0.4, 0.5) is 0 Å². The average Bonchev–Trinajstić information content (AvgIpc) is 2.91. The van der Waals surface area contributed by atoms with Gasteiger partial charge in [-0.3, -0.25) is 4.79 Å². The second-order valence-corrected chi connectivity index (χ2v) is 3.91. The number of furan rings is 1. The van der Waals surface area contributed by atoms with Gasteiger partial charge < -0.3 is 15.1 Å². The fraction of sp³-hybridized carbons (Fsp3) is 0.545. The van der Waals surface area contributed by atoms with Gasteiger partial charge in [0.15, 0.2) is 0 Å². The van der Waals surface area contributed by atoms with Gasteiger partial charge in [0.25, 0.3) is 0 Å². The van der Waals surface area contributed by atoms with E-state index in [2.05, 4.69) is 0 Å². The molecule has 1 atom stereocenters. The number of carbonyl (C=O) groups is 1. The number of hydrogen-bond donors (Lipinski definition) is 1. The van der Waals surface area contributed by atoms with Gasteiger partial charge in [0.1, 0.15) is 5.76 Å². The number of nitrogens with two attached hydrogens (primary N) is 1. The summed E-state index contributed by atoms with van der Waals surface area (Å²) in [5.41, 5.74) is 5.87. The molecule has 4 nitrogen and oxygen atoms in total. The molecule has 0 aliphatic carbocycles. The summed E-state index contributed by atoms with van der Waals surface area (Å²) in [6, 6.07) is 3.28. The molecule has 15 heavy (non-hydrogen) atoms. The third-order valence-corrected chi connectivity index (χ3v) is 2.76. The molecule has 1 saturated heterocycles. The van der Waals surface area contributed by atoms with Crippen LogP contribution in [0.5, 0.6) is 0 Å². The number of nitrogens with zero attached hydrogens (tertiary/aromatic N) is 1. The number of carbonyl (C=O) groups excluding carboxylic acids is 1. The molecule has 0 radical (unpaired) electrons. The Kier molecular flexibility index (Phi) is 3.06. The minimum absolute atomic E-state index is 0.136. The molecule has 1 aliphatic rings. The summed E-state index contributed by atoms with van der Waals surface area (Å²) >= 11 is 0. The topological polar surface area (TPSA) is 59.5 Å². The molecular formula is C11H16N2O2. The maximum Gasteiger partial charge on any atom is 0.224 e. The summed E-state index contributed by atoms with van der Waals surface area (Å²) in [6.45, 7) is 1.76. The SMILES string of the molecule is NC(CC(=O)N1CCCC1)c1ccco1. The van der Waals surface area contributed by atoms with Crippen LogP contribution in [0.3, 0.4) is 0 Å². The van der Waals surface area contributed by atoms with Crippen LogP contribution in [-0.4, -0.2) is 23.9 Å². The van der Waals surface area contributed by atoms with Crippen LogP contribution in [0.1, 0.15) is 31.1 Å². The van der Waals surface area contributed by atoms with E-state index in [-0.39, 0.29) is 11.9 Å². The quantitative estimate of drug-likeness (QED) is 0.814. The molecule has 2 heterocycles. The van der Waals surface area contributed by atoms with Crippen molar-refractivity contribution in [2.24, 2.45) is 5.73 Å². The van der Waals surface area contributed by atoms with Crippen molar-refractivity contribution < 1.29 is 9.21 Å². The summed E-state index contributed by atoms with van der Waals surface area (Å²) in [6.07, 6.45) is 4.15. The van der Waals surface area contributed by atoms with Crippen LogP contribution < -0.4 is 5.73 Å². The Morgan fingerprint density at radius 2 is 2.27 bits per heavy atom. The van der Waals surface area contributed by atoms with Crippen LogP contribution >= 0.6 is 0 Å². The maximum atomic E-state index is 11.8. The van der Waals surface area contributed by atoms with E-state index >= 15 is 0 Å². The minimum atomic E-state index is -0.312. The van der Waals surface area contributed by atoms with Crippen LogP contribution in [0, 0.1) is 0 Å². The molecule has 2 rings (SSSR count). The zero-order chi connectivity index (χ0) is 10.7. The molecule has 1 fully saturated rings. The first-order valence-corrected chi connectivity index (χ1v) is 5.34. The highest BCUT2D eigenvalue weighted by Gasteiger charge is 2.21. The van der Waals surface area contributed by atoms with Crippen molar-refractivity contribution in [1.82, 2.24) is 4.90 Å². The fourth-order valence-corrected chi connectivity index (χ4v) is 1.89. The molecule has 1 aromatic rings. The van der Waals surface area contributed by atoms with E-state index in [1.807, 2.05) is 11.0 Å². The minimum Gasteiger partial charge on any atom is -0.468 e. The normalized spacial score (nSPS) is 18.1. The van der Waals surface area contributed by atoms with Gasteiger partial charge in [0.05, 0.1) is 12.3 Å². The van der Waals surface area contributed by atoms with Gasteiger partial charge in [-0.15, -0.1) is 0 Å². The van der Waals surface area contributed by atoms with Gasteiger partial charge >= 0.3 is 0 Å². The Bertz CT molecular complexity index is 315. The first-order chi connectivity index (χ1) is 7.27. The lowest BCUT2D eigenvalue weighted by Crippen LogP contribution is -2.30. The summed E-state index contributed by atoms with van der Waals surface area (Å²) in [7, 11) is 0. The molecule has 0 saturated carbocycles. The molecule has 1 unspecified atom stereocenters. The summed E-state index contributed by atoms with van der Waals surface area (Å²) in [4.78, 5) is 13.6. The lowest BCUT2D eigenvalue weighted by atomic mass is 10.1. The molecule has 2 N–H and O–H groups in total. The number of likely N-dealkylation sites (tertiary alicyclic amines) is 1. The van der Waals surface area contributed by atoms with Crippen molar-refractivity contribution in [1.29, 1.82) is 0 Å². The van der Waals surface area contributed by atoms with Gasteiger partial charge in [-0.05, 0) is 25.0 Å². The average molecular weight is 208 g/mol. The van der Waals surface area contributed by atoms with Crippen LogP contribution in [-0.2, 0) is 4.79 Å². The summed E-state index contributed by atoms with van der Waals surface area (Å²) in [5, 5.41) is 0. The van der Waals surface area contributed by atoms with Crippen LogP contribution in [0.25, 0.3) is 0 Å². The van der Waals surface area contributed by atoms with Gasteiger partial charge in [0, 0.05) is 19.5 Å². The first kappa shape index (κ1) is 10.2. The number of hydrogen-bond acceptors (Lipinski definition) is 3. The van der Waals surface area contributed by atoms with Gasteiger partial charge in [-0.1, -0.05) is 0 Å². The molecule has 4 heteroatoms. The Hall–Kier alpha value is -1.29. The van der Waals surface area contributed by atoms with Gasteiger partial charge in [-0.2, -0.15) is 0 Å². The highest BCUT2D eigenvalue weighted by Crippen LogP contribution is 2.17. The lowest BCUT2D eigenvalue weighted by molar-refractivity contribution is -0.130. The third-order valence-electron chi connectivity index (χ3n) is 2.76. The highest BCUT2D eigenvalue weighted by molar-refractivity contribution is 5.77. The summed E-state index contributed by atoms with van der Waals surface area (Å²) in [5.74, 6) is 0.818. The van der Waals surface area contributed by atoms with E-state index in [1.165, 1.54) is 0 Å². The van der Waals surface area contributed by atoms with E-state index in [9.17, 15) is 4.79 Å². The first-order valence-electron chi connectivity index (χ1n) is 5.34. The lowest BCUT2D eigenvalue weighted by Gasteiger charge is -2.17. The van der Waals surface area contributed by atoms with Gasteiger partial charge in [-0.25, -0.2) is 0 Å². The van der Waals surface area contributed by atoms with E-state index in [1.54, 1.807) is 12.3 Å². The van der Waals surface area contributed by atoms with Crippen molar-refractivity contribution in [2.75, 3.05) is 13.1 Å².